The van der Waals surface area contributed by atoms with Crippen LogP contribution in [0.25, 0.3) is 22.2 Å². The third-order valence-electron chi connectivity index (χ3n) is 7.55. The van der Waals surface area contributed by atoms with Gasteiger partial charge in [-0.2, -0.15) is 0 Å². The number of hydrogen-bond acceptors (Lipinski definition) is 5. The van der Waals surface area contributed by atoms with Gasteiger partial charge < -0.3 is 16.1 Å². The molecule has 3 heterocycles. The van der Waals surface area contributed by atoms with E-state index in [2.05, 4.69) is 60.4 Å². The topological polar surface area (TPSA) is 99.6 Å². The summed E-state index contributed by atoms with van der Waals surface area (Å²) in [6, 6.07) is 12.5. The van der Waals surface area contributed by atoms with Gasteiger partial charge in [0.1, 0.15) is 5.69 Å². The Labute approximate surface area is 207 Å². The van der Waals surface area contributed by atoms with Crippen LogP contribution in [-0.4, -0.2) is 44.2 Å². The van der Waals surface area contributed by atoms with Crippen molar-refractivity contribution in [1.82, 2.24) is 24.9 Å². The minimum absolute atomic E-state index is 0.540. The summed E-state index contributed by atoms with van der Waals surface area (Å²) in [6.45, 7) is 4.10. The second-order valence-electron chi connectivity index (χ2n) is 9.93. The van der Waals surface area contributed by atoms with Gasteiger partial charge in [-0.1, -0.05) is 39.7 Å². The van der Waals surface area contributed by atoms with Crippen molar-refractivity contribution in [3.8, 4) is 11.3 Å². The molecule has 2 aromatic carbocycles. The number of hydrogen-bond donors (Lipinski definition) is 3. The van der Waals surface area contributed by atoms with Crippen molar-refractivity contribution >= 4 is 38.7 Å². The molecular formula is C26H28BrN7. The lowest BCUT2D eigenvalue weighted by atomic mass is 9.68. The first-order valence-corrected chi connectivity index (χ1v) is 12.6. The maximum atomic E-state index is 7.73. The average molecular weight is 518 g/mol. The number of benzene rings is 2. The maximum absolute atomic E-state index is 7.73. The lowest BCUT2D eigenvalue weighted by Gasteiger charge is -2.38. The summed E-state index contributed by atoms with van der Waals surface area (Å²) < 4.78 is 2.68. The third-order valence-corrected chi connectivity index (χ3v) is 8.01. The first-order chi connectivity index (χ1) is 16.5. The summed E-state index contributed by atoms with van der Waals surface area (Å²) in [7, 11) is 0. The van der Waals surface area contributed by atoms with E-state index in [0.29, 0.717) is 28.9 Å². The van der Waals surface area contributed by atoms with Crippen LogP contribution in [-0.2, 0) is 13.1 Å². The maximum Gasteiger partial charge on any atom is 0.113 e. The van der Waals surface area contributed by atoms with E-state index in [9.17, 15) is 0 Å². The lowest BCUT2D eigenvalue weighted by Crippen LogP contribution is -2.32. The van der Waals surface area contributed by atoms with E-state index < -0.39 is 0 Å². The van der Waals surface area contributed by atoms with Crippen molar-refractivity contribution in [2.24, 2.45) is 5.41 Å². The number of aromatic nitrogens is 4. The van der Waals surface area contributed by atoms with Crippen molar-refractivity contribution in [2.75, 3.05) is 18.8 Å². The van der Waals surface area contributed by atoms with Crippen LogP contribution >= 0.6 is 15.9 Å². The molecule has 1 aliphatic heterocycles. The number of halogens is 1. The van der Waals surface area contributed by atoms with Crippen molar-refractivity contribution in [3.05, 3.63) is 63.9 Å². The number of likely N-dealkylation sites (tertiary alicyclic amines) is 1. The number of fused-ring (bicyclic) bond motifs is 1. The number of nitrogens with zero attached hydrogens (tertiary/aromatic N) is 4. The molecule has 174 valence electrons. The van der Waals surface area contributed by atoms with Crippen LogP contribution in [0.15, 0.2) is 47.1 Å². The van der Waals surface area contributed by atoms with Gasteiger partial charge in [0.15, 0.2) is 0 Å². The molecule has 0 amide bonds. The van der Waals surface area contributed by atoms with Crippen LogP contribution in [0.2, 0.25) is 0 Å². The molecule has 2 aliphatic rings. The lowest BCUT2D eigenvalue weighted by molar-refractivity contribution is 0.137. The van der Waals surface area contributed by atoms with Crippen LogP contribution in [0.5, 0.6) is 0 Å². The van der Waals surface area contributed by atoms with E-state index in [1.54, 1.807) is 6.07 Å². The van der Waals surface area contributed by atoms with Crippen LogP contribution in [0.1, 0.15) is 42.5 Å². The molecule has 0 atom stereocenters. The summed E-state index contributed by atoms with van der Waals surface area (Å²) in [6.07, 6.45) is 8.79. The highest BCUT2D eigenvalue weighted by molar-refractivity contribution is 9.10. The van der Waals surface area contributed by atoms with Gasteiger partial charge in [-0.25, -0.2) is 4.68 Å². The Morgan fingerprint density at radius 2 is 2.03 bits per heavy atom. The van der Waals surface area contributed by atoms with Gasteiger partial charge in [-0.05, 0) is 66.4 Å². The molecule has 34 heavy (non-hydrogen) atoms. The van der Waals surface area contributed by atoms with Crippen molar-refractivity contribution in [1.29, 1.82) is 5.41 Å². The van der Waals surface area contributed by atoms with E-state index in [4.69, 9.17) is 11.1 Å². The Morgan fingerprint density at radius 3 is 2.79 bits per heavy atom. The summed E-state index contributed by atoms with van der Waals surface area (Å²) in [5, 5.41) is 17.6. The molecule has 8 heteroatoms. The number of anilines is 1. The van der Waals surface area contributed by atoms with Crippen molar-refractivity contribution in [3.63, 3.8) is 0 Å². The van der Waals surface area contributed by atoms with Crippen molar-refractivity contribution < 1.29 is 0 Å². The molecule has 6 rings (SSSR count). The normalized spacial score (nSPS) is 17.4. The summed E-state index contributed by atoms with van der Waals surface area (Å²) >= 11 is 3.48. The molecule has 0 unspecified atom stereocenters. The number of nitrogens with one attached hydrogen (secondary N) is 2. The monoisotopic (exact) mass is 517 g/mol. The van der Waals surface area contributed by atoms with E-state index >= 15 is 0 Å². The number of aromatic amines is 1. The predicted molar refractivity (Wildman–Crippen MR) is 139 cm³/mol. The van der Waals surface area contributed by atoms with E-state index in [-0.39, 0.29) is 0 Å². The molecule has 4 N–H and O–H groups in total. The largest absolute Gasteiger partial charge is 0.398 e. The smallest absolute Gasteiger partial charge is 0.113 e. The van der Waals surface area contributed by atoms with Crippen LogP contribution in [0, 0.1) is 10.8 Å². The number of nitrogens with two attached hydrogens (primary N) is 1. The number of H-pyrrole nitrogens is 1. The van der Waals surface area contributed by atoms with Gasteiger partial charge >= 0.3 is 0 Å². The van der Waals surface area contributed by atoms with Gasteiger partial charge in [0.2, 0.25) is 0 Å². The van der Waals surface area contributed by atoms with E-state index in [1.165, 1.54) is 56.1 Å². The van der Waals surface area contributed by atoms with Crippen molar-refractivity contribution in [2.45, 2.75) is 38.8 Å². The summed E-state index contributed by atoms with van der Waals surface area (Å²) in [4.78, 5) is 6.25. The van der Waals surface area contributed by atoms with Gasteiger partial charge in [-0.15, -0.1) is 5.10 Å². The highest BCUT2D eigenvalue weighted by Gasteiger charge is 2.42. The third kappa shape index (κ3) is 3.95. The summed E-state index contributed by atoms with van der Waals surface area (Å²) in [5.74, 6) is 0. The fourth-order valence-corrected chi connectivity index (χ4v) is 6.08. The Bertz CT molecular complexity index is 1380. The van der Waals surface area contributed by atoms with Crippen LogP contribution < -0.4 is 5.73 Å². The quantitative estimate of drug-likeness (QED) is 0.242. The van der Waals surface area contributed by atoms with Gasteiger partial charge in [0.05, 0.1) is 12.7 Å². The molecule has 1 saturated carbocycles. The molecule has 1 saturated heterocycles. The molecule has 7 nitrogen and oxygen atoms in total. The van der Waals surface area contributed by atoms with E-state index in [1.807, 2.05) is 16.9 Å². The Kier molecular flexibility index (Phi) is 5.30. The van der Waals surface area contributed by atoms with Gasteiger partial charge in [0, 0.05) is 51.8 Å². The Morgan fingerprint density at radius 1 is 1.15 bits per heavy atom. The highest BCUT2D eigenvalue weighted by atomic mass is 79.9. The standard InChI is InChI=1S/C26H28BrN7/c27-19-10-21(22(12-28)23(29)11-19)25-15-34(32-31-25)13-17-2-3-18-9-20(30-24(18)8-17)14-33-7-6-26(16-33)4-1-5-26/h2-3,8-12,15,28,30H,1,4-7,13-14,16,29H2. The molecule has 1 spiro atoms. The molecule has 4 aromatic rings. The molecular weight excluding hydrogens is 490 g/mol. The van der Waals surface area contributed by atoms with Gasteiger partial charge in [0.25, 0.3) is 0 Å². The summed E-state index contributed by atoms with van der Waals surface area (Å²) in [5.41, 5.74) is 13.0. The molecule has 2 fully saturated rings. The number of nitrogen functional groups attached to an aromatic ring is 1. The number of rotatable bonds is 6. The molecule has 0 radical (unpaired) electrons. The van der Waals surface area contributed by atoms with E-state index in [0.717, 1.165) is 27.7 Å². The SMILES string of the molecule is N=Cc1c(N)cc(Br)cc1-c1cn(Cc2ccc3cc(CN4CCC5(CCC5)C4)[nH]c3c2)nn1. The first kappa shape index (κ1) is 21.6. The predicted octanol–water partition coefficient (Wildman–Crippen LogP) is 5.19. The fraction of sp³-hybridized carbons (Fsp3) is 0.346. The minimum atomic E-state index is 0.540. The zero-order valence-corrected chi connectivity index (χ0v) is 20.6. The second-order valence-corrected chi connectivity index (χ2v) is 10.8. The fourth-order valence-electron chi connectivity index (χ4n) is 5.60. The van der Waals surface area contributed by atoms with Crippen LogP contribution in [0.3, 0.4) is 0 Å². The van der Waals surface area contributed by atoms with Gasteiger partial charge in [-0.3, -0.25) is 4.90 Å². The highest BCUT2D eigenvalue weighted by Crippen LogP contribution is 2.48. The zero-order chi connectivity index (χ0) is 23.3. The molecule has 1 aliphatic carbocycles. The Balaban J connectivity index is 1.19. The van der Waals surface area contributed by atoms with Crippen LogP contribution in [0.4, 0.5) is 5.69 Å². The Hall–Kier alpha value is -2.97. The first-order valence-electron chi connectivity index (χ1n) is 11.8. The minimum Gasteiger partial charge on any atom is -0.398 e. The molecule has 2 aromatic heterocycles. The second kappa shape index (κ2) is 8.36. The zero-order valence-electron chi connectivity index (χ0n) is 19.0. The average Bonchev–Trinajstić information content (AvgIpc) is 3.51. The molecule has 0 bridgehead atoms.